The lowest BCUT2D eigenvalue weighted by Gasteiger charge is -2.40. The van der Waals surface area contributed by atoms with Gasteiger partial charge in [-0.1, -0.05) is 109 Å². The Balaban J connectivity index is 1.35. The average Bonchev–Trinajstić information content (AvgIpc) is 3.97. The van der Waals surface area contributed by atoms with E-state index in [1.807, 2.05) is 72.8 Å². The van der Waals surface area contributed by atoms with Gasteiger partial charge in [0.25, 0.3) is 0 Å². The number of ether oxygens (including phenoxy) is 3. The Kier molecular flexibility index (Phi) is 8.41. The summed E-state index contributed by atoms with van der Waals surface area (Å²) in [5.74, 6) is 0.364. The zero-order valence-electron chi connectivity index (χ0n) is 25.9. The van der Waals surface area contributed by atoms with E-state index in [1.54, 1.807) is 7.11 Å². The van der Waals surface area contributed by atoms with Crippen molar-refractivity contribution >= 4 is 33.2 Å². The maximum absolute atomic E-state index is 14.8. The molecule has 0 aromatic heterocycles. The minimum atomic E-state index is -1.31. The average molecular weight is 608 g/mol. The monoisotopic (exact) mass is 607 g/mol. The predicted molar refractivity (Wildman–Crippen MR) is 184 cm³/mol. The normalized spacial score (nSPS) is 14.8. The smallest absolute Gasteiger partial charge is 0.341 e. The van der Waals surface area contributed by atoms with Gasteiger partial charge in [0.2, 0.25) is 0 Å². The quantitative estimate of drug-likeness (QED) is 0.111. The summed E-state index contributed by atoms with van der Waals surface area (Å²) in [4.78, 5) is 14.8. The van der Waals surface area contributed by atoms with Crippen LogP contribution in [0.1, 0.15) is 35.6 Å². The molecule has 0 heterocycles. The highest BCUT2D eigenvalue weighted by Crippen LogP contribution is 2.51. The van der Waals surface area contributed by atoms with Gasteiger partial charge in [-0.2, -0.15) is 0 Å². The van der Waals surface area contributed by atoms with Crippen LogP contribution in [0.15, 0.2) is 140 Å². The van der Waals surface area contributed by atoms with Crippen LogP contribution in [-0.4, -0.2) is 18.7 Å². The molecule has 2 atom stereocenters. The van der Waals surface area contributed by atoms with Crippen LogP contribution in [0.3, 0.4) is 0 Å². The molecule has 46 heavy (non-hydrogen) atoms. The molecular formula is C41H37NO4. The molecule has 1 aliphatic rings. The van der Waals surface area contributed by atoms with E-state index in [9.17, 15) is 4.79 Å². The van der Waals surface area contributed by atoms with Gasteiger partial charge >= 0.3 is 5.97 Å². The molecule has 7 rings (SSSR count). The van der Waals surface area contributed by atoms with Crippen molar-refractivity contribution in [3.8, 4) is 5.75 Å². The van der Waals surface area contributed by atoms with Gasteiger partial charge in [-0.25, -0.2) is 4.79 Å². The largest absolute Gasteiger partial charge is 0.497 e. The maximum atomic E-state index is 14.8. The summed E-state index contributed by atoms with van der Waals surface area (Å²) in [6.07, 6.45) is 1.73. The third-order valence-electron chi connectivity index (χ3n) is 9.02. The molecule has 1 fully saturated rings. The summed E-state index contributed by atoms with van der Waals surface area (Å²) < 4.78 is 18.8. The first-order chi connectivity index (χ1) is 22.7. The Labute approximate surface area is 269 Å². The third-order valence-corrected chi connectivity index (χ3v) is 9.02. The van der Waals surface area contributed by atoms with Crippen LogP contribution >= 0.6 is 0 Å². The van der Waals surface area contributed by atoms with E-state index in [2.05, 4.69) is 72.0 Å². The zero-order chi connectivity index (χ0) is 31.3. The Bertz CT molecular complexity index is 1880. The fourth-order valence-corrected chi connectivity index (χ4v) is 6.52. The van der Waals surface area contributed by atoms with E-state index in [0.29, 0.717) is 0 Å². The van der Waals surface area contributed by atoms with Crippen LogP contribution in [0.5, 0.6) is 5.75 Å². The van der Waals surface area contributed by atoms with Gasteiger partial charge < -0.3 is 19.5 Å². The molecule has 0 amide bonds. The van der Waals surface area contributed by atoms with Crippen molar-refractivity contribution in [1.29, 1.82) is 0 Å². The molecule has 6 aromatic carbocycles. The maximum Gasteiger partial charge on any atom is 0.341 e. The SMILES string of the molecule is COc1ccc(N[C@@H](c2ccccc2)[C@@](OCc2c3ccccc3cc3ccccc23)(C(=O)OCc2ccccc2)C2CC2)cc1. The lowest BCUT2D eigenvalue weighted by atomic mass is 9.83. The Morgan fingerprint density at radius 1 is 0.739 bits per heavy atom. The fourth-order valence-electron chi connectivity index (χ4n) is 6.52. The van der Waals surface area contributed by atoms with Crippen LogP contribution in [0.25, 0.3) is 21.5 Å². The third kappa shape index (κ3) is 5.94. The molecule has 0 radical (unpaired) electrons. The number of nitrogens with one attached hydrogen (secondary N) is 1. The molecule has 0 unspecified atom stereocenters. The first-order valence-electron chi connectivity index (χ1n) is 15.9. The Morgan fingerprint density at radius 2 is 1.33 bits per heavy atom. The summed E-state index contributed by atoms with van der Waals surface area (Å²) in [7, 11) is 1.65. The number of hydrogen-bond donors (Lipinski definition) is 1. The molecule has 6 aromatic rings. The summed E-state index contributed by atoms with van der Waals surface area (Å²) in [5, 5.41) is 8.22. The number of anilines is 1. The van der Waals surface area contributed by atoms with Gasteiger partial charge in [0.1, 0.15) is 12.4 Å². The topological polar surface area (TPSA) is 56.8 Å². The standard InChI is InChI=1S/C41H37NO4/c1-44-35-24-22-34(23-25-35)42-39(30-14-6-3-7-15-30)41(33-20-21-33,40(43)45-27-29-12-4-2-5-13-29)46-28-38-36-18-10-8-16-31(36)26-32-17-9-11-19-37(32)38/h2-19,22-26,33,39,42H,20-21,27-28H2,1H3/t39-,41+/m0/s1. The lowest BCUT2D eigenvalue weighted by molar-refractivity contribution is -0.183. The number of carbonyl (C=O) groups is 1. The van der Waals surface area contributed by atoms with Crippen molar-refractivity contribution in [3.63, 3.8) is 0 Å². The molecule has 0 saturated heterocycles. The number of hydrogen-bond acceptors (Lipinski definition) is 5. The minimum absolute atomic E-state index is 0.0343. The Hall–Kier alpha value is -5.13. The number of carbonyl (C=O) groups excluding carboxylic acids is 1. The molecule has 0 bridgehead atoms. The van der Waals surface area contributed by atoms with E-state index in [4.69, 9.17) is 14.2 Å². The zero-order valence-corrected chi connectivity index (χ0v) is 25.9. The summed E-state index contributed by atoms with van der Waals surface area (Å²) >= 11 is 0. The molecule has 0 spiro atoms. The number of benzene rings is 6. The first-order valence-corrected chi connectivity index (χ1v) is 15.9. The molecule has 1 saturated carbocycles. The molecule has 1 N–H and O–H groups in total. The molecular weight excluding hydrogens is 570 g/mol. The summed E-state index contributed by atoms with van der Waals surface area (Å²) in [5.41, 5.74) is 2.49. The fraction of sp³-hybridized carbons (Fsp3) is 0.195. The van der Waals surface area contributed by atoms with Crippen molar-refractivity contribution in [2.24, 2.45) is 5.92 Å². The van der Waals surface area contributed by atoms with Gasteiger partial charge in [0.15, 0.2) is 5.60 Å². The van der Waals surface area contributed by atoms with Gasteiger partial charge in [0, 0.05) is 11.6 Å². The second-order valence-electron chi connectivity index (χ2n) is 11.9. The van der Waals surface area contributed by atoms with E-state index >= 15 is 0 Å². The van der Waals surface area contributed by atoms with Crippen LogP contribution in [0, 0.1) is 5.92 Å². The van der Waals surface area contributed by atoms with Crippen molar-refractivity contribution in [3.05, 3.63) is 156 Å². The van der Waals surface area contributed by atoms with Crippen molar-refractivity contribution < 1.29 is 19.0 Å². The highest BCUT2D eigenvalue weighted by Gasteiger charge is 2.59. The highest BCUT2D eigenvalue weighted by atomic mass is 16.6. The van der Waals surface area contributed by atoms with E-state index in [0.717, 1.165) is 62.5 Å². The number of fused-ring (bicyclic) bond motifs is 2. The molecule has 0 aliphatic heterocycles. The van der Waals surface area contributed by atoms with Crippen molar-refractivity contribution in [1.82, 2.24) is 0 Å². The lowest BCUT2D eigenvalue weighted by Crippen LogP contribution is -2.52. The predicted octanol–water partition coefficient (Wildman–Crippen LogP) is 9.26. The van der Waals surface area contributed by atoms with Crippen LogP contribution in [0.4, 0.5) is 5.69 Å². The number of esters is 1. The van der Waals surface area contributed by atoms with Crippen molar-refractivity contribution in [2.45, 2.75) is 37.7 Å². The van der Waals surface area contributed by atoms with Crippen molar-refractivity contribution in [2.75, 3.05) is 12.4 Å². The Morgan fingerprint density at radius 3 is 1.93 bits per heavy atom. The van der Waals surface area contributed by atoms with Gasteiger partial charge in [-0.3, -0.25) is 0 Å². The number of methoxy groups -OCH3 is 1. The van der Waals surface area contributed by atoms with E-state index in [1.165, 1.54) is 0 Å². The summed E-state index contributed by atoms with van der Waals surface area (Å²) in [6.45, 7) is 0.408. The van der Waals surface area contributed by atoms with Gasteiger partial charge in [0.05, 0.1) is 19.8 Å². The van der Waals surface area contributed by atoms with Crippen LogP contribution in [0.2, 0.25) is 0 Å². The van der Waals surface area contributed by atoms with Crippen LogP contribution < -0.4 is 10.1 Å². The van der Waals surface area contributed by atoms with E-state index < -0.39 is 11.6 Å². The number of rotatable bonds is 12. The van der Waals surface area contributed by atoms with Gasteiger partial charge in [-0.15, -0.1) is 0 Å². The molecule has 5 nitrogen and oxygen atoms in total. The molecule has 230 valence electrons. The minimum Gasteiger partial charge on any atom is -0.497 e. The first kappa shape index (κ1) is 29.6. The highest BCUT2D eigenvalue weighted by molar-refractivity contribution is 6.02. The second kappa shape index (κ2) is 13.1. The van der Waals surface area contributed by atoms with Gasteiger partial charge in [-0.05, 0) is 81.4 Å². The van der Waals surface area contributed by atoms with E-state index in [-0.39, 0.29) is 25.1 Å². The second-order valence-corrected chi connectivity index (χ2v) is 11.9. The summed E-state index contributed by atoms with van der Waals surface area (Å²) in [6, 6.07) is 46.1. The molecule has 5 heteroatoms. The van der Waals surface area contributed by atoms with Crippen LogP contribution in [-0.2, 0) is 27.5 Å². The molecule has 1 aliphatic carbocycles.